The number of hydrogen-bond acceptors (Lipinski definition) is 6. The van der Waals surface area contributed by atoms with Crippen LogP contribution in [0, 0.1) is 11.8 Å². The summed E-state index contributed by atoms with van der Waals surface area (Å²) < 4.78 is 28.2. The van der Waals surface area contributed by atoms with Crippen molar-refractivity contribution in [1.82, 2.24) is 15.0 Å². The highest BCUT2D eigenvalue weighted by Crippen LogP contribution is 2.21. The minimum Gasteiger partial charge on any atom is -0.339 e. The van der Waals surface area contributed by atoms with Crippen molar-refractivity contribution in [1.29, 1.82) is 0 Å². The number of rotatable bonds is 6. The molecular formula is C14H23N3O4S. The van der Waals surface area contributed by atoms with Gasteiger partial charge in [-0.1, -0.05) is 19.0 Å². The third kappa shape index (κ3) is 4.28. The molecule has 8 heteroatoms. The Bertz CT molecular complexity index is 624. The third-order valence-electron chi connectivity index (χ3n) is 3.70. The maximum atomic E-state index is 12.4. The highest BCUT2D eigenvalue weighted by molar-refractivity contribution is 7.91. The lowest BCUT2D eigenvalue weighted by Crippen LogP contribution is -2.36. The van der Waals surface area contributed by atoms with E-state index in [1.165, 1.54) is 0 Å². The van der Waals surface area contributed by atoms with Crippen molar-refractivity contribution < 1.29 is 17.7 Å². The van der Waals surface area contributed by atoms with Gasteiger partial charge in [0.1, 0.15) is 0 Å². The molecule has 1 aliphatic heterocycles. The molecule has 0 unspecified atom stereocenters. The summed E-state index contributed by atoms with van der Waals surface area (Å²) in [5.41, 5.74) is 0. The number of carbonyl (C=O) groups is 1. The molecule has 22 heavy (non-hydrogen) atoms. The van der Waals surface area contributed by atoms with E-state index in [1.54, 1.807) is 4.90 Å². The van der Waals surface area contributed by atoms with Crippen LogP contribution in [0.3, 0.4) is 0 Å². The van der Waals surface area contributed by atoms with Crippen LogP contribution >= 0.6 is 0 Å². The van der Waals surface area contributed by atoms with E-state index < -0.39 is 15.8 Å². The number of carbonyl (C=O) groups excluding carboxylic acids is 1. The Morgan fingerprint density at radius 1 is 1.45 bits per heavy atom. The minimum atomic E-state index is -3.06. The molecule has 1 aliphatic rings. The van der Waals surface area contributed by atoms with Crippen molar-refractivity contribution in [2.75, 3.05) is 18.1 Å². The zero-order chi connectivity index (χ0) is 16.3. The summed E-state index contributed by atoms with van der Waals surface area (Å²) in [7, 11) is -3.06. The van der Waals surface area contributed by atoms with Crippen LogP contribution < -0.4 is 0 Å². The number of amides is 1. The monoisotopic (exact) mass is 329 g/mol. The Labute approximate surface area is 131 Å². The molecule has 2 heterocycles. The topological polar surface area (TPSA) is 93.4 Å². The van der Waals surface area contributed by atoms with Crippen LogP contribution in [0.25, 0.3) is 0 Å². The molecule has 0 saturated carbocycles. The predicted octanol–water partition coefficient (Wildman–Crippen LogP) is 1.05. The number of nitrogens with zero attached hydrogens (tertiary/aromatic N) is 3. The molecule has 0 N–H and O–H groups in total. The van der Waals surface area contributed by atoms with Crippen LogP contribution in [0.5, 0.6) is 0 Å². The van der Waals surface area contributed by atoms with Gasteiger partial charge in [-0.15, -0.1) is 0 Å². The second-order valence-corrected chi connectivity index (χ2v) is 8.38. The van der Waals surface area contributed by atoms with Gasteiger partial charge in [0.15, 0.2) is 15.7 Å². The fourth-order valence-corrected chi connectivity index (χ4v) is 4.28. The first-order valence-corrected chi connectivity index (χ1v) is 9.43. The van der Waals surface area contributed by atoms with Gasteiger partial charge in [0.05, 0.1) is 24.0 Å². The van der Waals surface area contributed by atoms with Crippen LogP contribution in [-0.2, 0) is 27.6 Å². The van der Waals surface area contributed by atoms with E-state index in [1.807, 2.05) is 6.92 Å². The van der Waals surface area contributed by atoms with Gasteiger partial charge in [-0.25, -0.2) is 8.42 Å². The maximum absolute atomic E-state index is 12.4. The van der Waals surface area contributed by atoms with Gasteiger partial charge in [0.25, 0.3) is 0 Å². The van der Waals surface area contributed by atoms with Crippen molar-refractivity contribution in [2.45, 2.75) is 40.2 Å². The highest BCUT2D eigenvalue weighted by atomic mass is 32.2. The van der Waals surface area contributed by atoms with Crippen molar-refractivity contribution in [3.8, 4) is 0 Å². The second-order valence-electron chi connectivity index (χ2n) is 6.15. The van der Waals surface area contributed by atoms with Crippen LogP contribution in [0.15, 0.2) is 4.52 Å². The maximum Gasteiger partial charge on any atom is 0.227 e. The van der Waals surface area contributed by atoms with E-state index in [0.717, 1.165) is 0 Å². The average molecular weight is 329 g/mol. The van der Waals surface area contributed by atoms with Crippen LogP contribution in [-0.4, -0.2) is 47.4 Å². The van der Waals surface area contributed by atoms with E-state index in [2.05, 4.69) is 24.0 Å². The Morgan fingerprint density at radius 2 is 2.18 bits per heavy atom. The standard InChI is InChI=1S/C14H23N3O4S/c1-4-17(14(18)11-5-6-22(19,20)9-11)8-12-15-13(21-16-12)7-10(2)3/h10-11H,4-9H2,1-3H3/t11-/m1/s1. The van der Waals surface area contributed by atoms with E-state index >= 15 is 0 Å². The molecule has 1 aromatic rings. The lowest BCUT2D eigenvalue weighted by molar-refractivity contribution is -0.135. The third-order valence-corrected chi connectivity index (χ3v) is 5.47. The van der Waals surface area contributed by atoms with E-state index in [-0.39, 0.29) is 24.0 Å². The Morgan fingerprint density at radius 3 is 2.73 bits per heavy atom. The molecule has 1 fully saturated rings. The lowest BCUT2D eigenvalue weighted by atomic mass is 10.1. The van der Waals surface area contributed by atoms with Crippen molar-refractivity contribution in [2.24, 2.45) is 11.8 Å². The number of hydrogen-bond donors (Lipinski definition) is 0. The molecule has 0 radical (unpaired) electrons. The minimum absolute atomic E-state index is 0.0484. The second kappa shape index (κ2) is 6.76. The van der Waals surface area contributed by atoms with Crippen LogP contribution in [0.4, 0.5) is 0 Å². The first-order chi connectivity index (χ1) is 10.3. The summed E-state index contributed by atoms with van der Waals surface area (Å²) in [5, 5.41) is 3.90. The van der Waals surface area contributed by atoms with E-state index in [9.17, 15) is 13.2 Å². The number of sulfone groups is 1. The molecule has 2 rings (SSSR count). The molecule has 1 aromatic heterocycles. The fourth-order valence-electron chi connectivity index (χ4n) is 2.55. The van der Waals surface area contributed by atoms with Crippen LogP contribution in [0.2, 0.25) is 0 Å². The molecule has 1 atom stereocenters. The van der Waals surface area contributed by atoms with E-state index in [0.29, 0.717) is 37.0 Å². The fraction of sp³-hybridized carbons (Fsp3) is 0.786. The van der Waals surface area contributed by atoms with Gasteiger partial charge in [-0.05, 0) is 19.3 Å². The Hall–Kier alpha value is -1.44. The normalized spacial score (nSPS) is 20.5. The molecule has 124 valence electrons. The largest absolute Gasteiger partial charge is 0.339 e. The summed E-state index contributed by atoms with van der Waals surface area (Å²) in [6.45, 7) is 6.73. The molecule has 0 aromatic carbocycles. The van der Waals surface area contributed by atoms with Crippen LogP contribution in [0.1, 0.15) is 38.9 Å². The SMILES string of the molecule is CCN(Cc1noc(CC(C)C)n1)C(=O)[C@@H]1CCS(=O)(=O)C1. The summed E-state index contributed by atoms with van der Waals surface area (Å²) in [6.07, 6.45) is 1.11. The molecule has 0 spiro atoms. The summed E-state index contributed by atoms with van der Waals surface area (Å²) in [6, 6.07) is 0. The first kappa shape index (κ1) is 16.9. The number of aromatic nitrogens is 2. The van der Waals surface area contributed by atoms with Crippen molar-refractivity contribution in [3.63, 3.8) is 0 Å². The van der Waals surface area contributed by atoms with Crippen molar-refractivity contribution >= 4 is 15.7 Å². The quantitative estimate of drug-likeness (QED) is 0.774. The van der Waals surface area contributed by atoms with Gasteiger partial charge in [0, 0.05) is 13.0 Å². The Kier molecular flexibility index (Phi) is 5.20. The Balaban J connectivity index is 2.00. The van der Waals surface area contributed by atoms with Gasteiger partial charge < -0.3 is 9.42 Å². The summed E-state index contributed by atoms with van der Waals surface area (Å²) >= 11 is 0. The molecule has 1 amide bonds. The zero-order valence-corrected chi connectivity index (χ0v) is 14.1. The molecular weight excluding hydrogens is 306 g/mol. The van der Waals surface area contributed by atoms with Crippen molar-refractivity contribution in [3.05, 3.63) is 11.7 Å². The lowest BCUT2D eigenvalue weighted by Gasteiger charge is -2.22. The summed E-state index contributed by atoms with van der Waals surface area (Å²) in [4.78, 5) is 18.3. The molecule has 0 aliphatic carbocycles. The molecule has 1 saturated heterocycles. The van der Waals surface area contributed by atoms with Gasteiger partial charge in [0.2, 0.25) is 11.8 Å². The van der Waals surface area contributed by atoms with Gasteiger partial charge >= 0.3 is 0 Å². The first-order valence-electron chi connectivity index (χ1n) is 7.61. The summed E-state index contributed by atoms with van der Waals surface area (Å²) in [5.74, 6) is 0.921. The molecule has 0 bridgehead atoms. The average Bonchev–Trinajstić information content (AvgIpc) is 3.01. The zero-order valence-electron chi connectivity index (χ0n) is 13.3. The predicted molar refractivity (Wildman–Crippen MR) is 80.7 cm³/mol. The smallest absolute Gasteiger partial charge is 0.227 e. The van der Waals surface area contributed by atoms with Gasteiger partial charge in [-0.3, -0.25) is 4.79 Å². The highest BCUT2D eigenvalue weighted by Gasteiger charge is 2.35. The molecule has 7 nitrogen and oxygen atoms in total. The van der Waals surface area contributed by atoms with E-state index in [4.69, 9.17) is 4.52 Å². The van der Waals surface area contributed by atoms with Gasteiger partial charge in [-0.2, -0.15) is 4.98 Å².